The van der Waals surface area contributed by atoms with Crippen LogP contribution in [0.2, 0.25) is 0 Å². The van der Waals surface area contributed by atoms with Gasteiger partial charge in [0.1, 0.15) is 0 Å². The summed E-state index contributed by atoms with van der Waals surface area (Å²) in [5.74, 6) is -0.443. The van der Waals surface area contributed by atoms with Crippen molar-refractivity contribution < 1.29 is 17.9 Å². The molecule has 9 heteroatoms. The van der Waals surface area contributed by atoms with Crippen LogP contribution in [0.5, 0.6) is 0 Å². The minimum Gasteiger partial charge on any atom is -0.381 e. The summed E-state index contributed by atoms with van der Waals surface area (Å²) in [6.07, 6.45) is 1.93. The highest BCUT2D eigenvalue weighted by Crippen LogP contribution is 2.37. The highest BCUT2D eigenvalue weighted by molar-refractivity contribution is 14.0. The monoisotopic (exact) mass is 518 g/mol. The molecule has 0 unspecified atom stereocenters. The molecule has 0 aromatic rings. The lowest BCUT2D eigenvalue weighted by Gasteiger charge is -2.45. The first-order chi connectivity index (χ1) is 12.9. The van der Waals surface area contributed by atoms with Crippen LogP contribution >= 0.6 is 24.0 Å². The maximum Gasteiger partial charge on any atom is 0.391 e. The Kier molecular flexibility index (Phi) is 9.13. The number of nitrogens with one attached hydrogen (secondary N) is 2. The fourth-order valence-electron chi connectivity index (χ4n) is 4.75. The zero-order valence-corrected chi connectivity index (χ0v) is 19.0. The van der Waals surface area contributed by atoms with Crippen LogP contribution in [0.4, 0.5) is 13.2 Å². The van der Waals surface area contributed by atoms with Crippen LogP contribution < -0.4 is 10.6 Å². The molecule has 2 aliphatic heterocycles. The summed E-state index contributed by atoms with van der Waals surface area (Å²) in [6.45, 7) is 4.63. The number of halogens is 4. The molecule has 1 aliphatic carbocycles. The van der Waals surface area contributed by atoms with Crippen LogP contribution in [0.25, 0.3) is 0 Å². The molecule has 0 aromatic carbocycles. The van der Waals surface area contributed by atoms with Gasteiger partial charge in [-0.05, 0) is 64.5 Å². The van der Waals surface area contributed by atoms with Gasteiger partial charge in [-0.1, -0.05) is 0 Å². The normalized spacial score (nSPS) is 29.2. The summed E-state index contributed by atoms with van der Waals surface area (Å²) < 4.78 is 44.1. The Bertz CT molecular complexity index is 498. The molecule has 28 heavy (non-hydrogen) atoms. The van der Waals surface area contributed by atoms with Crippen molar-refractivity contribution in [3.8, 4) is 0 Å². The number of aliphatic imine (C=N–C) groups is 1. The van der Waals surface area contributed by atoms with Gasteiger partial charge in [-0.3, -0.25) is 9.89 Å². The van der Waals surface area contributed by atoms with Gasteiger partial charge in [0.2, 0.25) is 0 Å². The van der Waals surface area contributed by atoms with E-state index in [0.717, 1.165) is 45.7 Å². The lowest BCUT2D eigenvalue weighted by molar-refractivity contribution is -0.182. The van der Waals surface area contributed by atoms with Gasteiger partial charge in [0.05, 0.1) is 5.92 Å². The van der Waals surface area contributed by atoms with E-state index in [1.807, 2.05) is 0 Å². The van der Waals surface area contributed by atoms with Gasteiger partial charge < -0.3 is 15.4 Å². The Hall–Kier alpha value is -0.290. The minimum atomic E-state index is -4.06. The average Bonchev–Trinajstić information content (AvgIpc) is 3.21. The SMILES string of the molecule is CN=C(NCC1(N2CCCC2)CCOCC1)NC1CCC(C(F)(F)F)CC1.I. The summed E-state index contributed by atoms with van der Waals surface area (Å²) in [7, 11) is 1.73. The molecule has 0 aromatic heterocycles. The van der Waals surface area contributed by atoms with Gasteiger partial charge in [0.25, 0.3) is 0 Å². The summed E-state index contributed by atoms with van der Waals surface area (Å²) in [4.78, 5) is 6.90. The molecule has 5 nitrogen and oxygen atoms in total. The third-order valence-electron chi connectivity index (χ3n) is 6.54. The van der Waals surface area contributed by atoms with E-state index in [1.54, 1.807) is 7.05 Å². The Morgan fingerprint density at radius 2 is 1.71 bits per heavy atom. The first-order valence-electron chi connectivity index (χ1n) is 10.3. The molecule has 0 amide bonds. The largest absolute Gasteiger partial charge is 0.391 e. The van der Waals surface area contributed by atoms with Crippen molar-refractivity contribution >= 4 is 29.9 Å². The third-order valence-corrected chi connectivity index (χ3v) is 6.54. The second kappa shape index (κ2) is 10.7. The van der Waals surface area contributed by atoms with Gasteiger partial charge in [0, 0.05) is 38.4 Å². The predicted molar refractivity (Wildman–Crippen MR) is 115 cm³/mol. The van der Waals surface area contributed by atoms with Gasteiger partial charge in [-0.15, -0.1) is 24.0 Å². The zero-order valence-electron chi connectivity index (χ0n) is 16.7. The van der Waals surface area contributed by atoms with Crippen LogP contribution in [0.15, 0.2) is 4.99 Å². The van der Waals surface area contributed by atoms with Crippen LogP contribution in [0.3, 0.4) is 0 Å². The van der Waals surface area contributed by atoms with Gasteiger partial charge in [-0.2, -0.15) is 13.2 Å². The fourth-order valence-corrected chi connectivity index (χ4v) is 4.75. The number of hydrogen-bond donors (Lipinski definition) is 2. The van der Waals surface area contributed by atoms with E-state index in [1.165, 1.54) is 12.8 Å². The number of ether oxygens (including phenoxy) is 1. The molecule has 2 saturated heterocycles. The standard InChI is InChI=1S/C19H33F3N4O.HI/c1-23-17(25-16-6-4-15(5-7-16)19(20,21)22)24-14-18(8-12-27-13-9-18)26-10-2-3-11-26;/h15-16H,2-14H2,1H3,(H2,23,24,25);1H. The van der Waals surface area contributed by atoms with E-state index < -0.39 is 12.1 Å². The van der Waals surface area contributed by atoms with Crippen LogP contribution in [0.1, 0.15) is 51.4 Å². The molecule has 164 valence electrons. The molecule has 3 fully saturated rings. The van der Waals surface area contributed by atoms with E-state index in [-0.39, 0.29) is 48.4 Å². The maximum absolute atomic E-state index is 12.8. The molecule has 0 bridgehead atoms. The summed E-state index contributed by atoms with van der Waals surface area (Å²) in [6, 6.07) is 0.0622. The van der Waals surface area contributed by atoms with Crippen molar-refractivity contribution in [2.45, 2.75) is 69.1 Å². The lowest BCUT2D eigenvalue weighted by Crippen LogP contribution is -2.59. The van der Waals surface area contributed by atoms with E-state index in [4.69, 9.17) is 4.74 Å². The molecule has 3 aliphatic rings. The molecule has 0 spiro atoms. The van der Waals surface area contributed by atoms with E-state index in [2.05, 4.69) is 20.5 Å². The molecule has 2 N–H and O–H groups in total. The molecule has 3 rings (SSSR count). The van der Waals surface area contributed by atoms with Crippen molar-refractivity contribution in [1.29, 1.82) is 0 Å². The molecule has 1 saturated carbocycles. The number of likely N-dealkylation sites (tertiary alicyclic amines) is 1. The summed E-state index contributed by atoms with van der Waals surface area (Å²) >= 11 is 0. The average molecular weight is 518 g/mol. The van der Waals surface area contributed by atoms with Crippen molar-refractivity contribution in [2.24, 2.45) is 10.9 Å². The zero-order chi connectivity index (χ0) is 19.3. The van der Waals surface area contributed by atoms with Crippen molar-refractivity contribution in [2.75, 3.05) is 39.9 Å². The predicted octanol–water partition coefficient (Wildman–Crippen LogP) is 3.54. The summed E-state index contributed by atoms with van der Waals surface area (Å²) in [5.41, 5.74) is 0.0975. The van der Waals surface area contributed by atoms with Gasteiger partial charge in [0.15, 0.2) is 5.96 Å². The number of guanidine groups is 1. The quantitative estimate of drug-likeness (QED) is 0.340. The number of rotatable bonds is 4. The summed E-state index contributed by atoms with van der Waals surface area (Å²) in [5, 5.41) is 6.81. The third kappa shape index (κ3) is 6.10. The highest BCUT2D eigenvalue weighted by atomic mass is 127. The molecule has 0 radical (unpaired) electrons. The maximum atomic E-state index is 12.8. The Morgan fingerprint density at radius 1 is 1.11 bits per heavy atom. The molecular weight excluding hydrogens is 484 g/mol. The van der Waals surface area contributed by atoms with Crippen LogP contribution in [-0.4, -0.2) is 68.5 Å². The number of nitrogens with zero attached hydrogens (tertiary/aromatic N) is 2. The second-order valence-corrected chi connectivity index (χ2v) is 8.19. The molecule has 0 atom stereocenters. The van der Waals surface area contributed by atoms with Crippen molar-refractivity contribution in [3.63, 3.8) is 0 Å². The van der Waals surface area contributed by atoms with Crippen LogP contribution in [-0.2, 0) is 4.74 Å². The Morgan fingerprint density at radius 3 is 2.25 bits per heavy atom. The van der Waals surface area contributed by atoms with Gasteiger partial charge in [-0.25, -0.2) is 0 Å². The van der Waals surface area contributed by atoms with E-state index >= 15 is 0 Å². The van der Waals surface area contributed by atoms with E-state index in [0.29, 0.717) is 18.8 Å². The van der Waals surface area contributed by atoms with Crippen molar-refractivity contribution in [3.05, 3.63) is 0 Å². The number of hydrogen-bond acceptors (Lipinski definition) is 3. The Balaban J connectivity index is 0.00000280. The first-order valence-corrected chi connectivity index (χ1v) is 10.3. The number of alkyl halides is 3. The second-order valence-electron chi connectivity index (χ2n) is 8.19. The first kappa shape index (κ1) is 24.0. The molecule has 2 heterocycles. The smallest absolute Gasteiger partial charge is 0.381 e. The molecular formula is C19H34F3IN4O. The van der Waals surface area contributed by atoms with Crippen molar-refractivity contribution in [1.82, 2.24) is 15.5 Å². The highest BCUT2D eigenvalue weighted by Gasteiger charge is 2.42. The van der Waals surface area contributed by atoms with Gasteiger partial charge >= 0.3 is 6.18 Å². The van der Waals surface area contributed by atoms with E-state index in [9.17, 15) is 13.2 Å². The minimum absolute atomic E-state index is 0. The lowest BCUT2D eigenvalue weighted by atomic mass is 9.85. The topological polar surface area (TPSA) is 48.9 Å². The van der Waals surface area contributed by atoms with Crippen LogP contribution in [0, 0.1) is 5.92 Å². The fraction of sp³-hybridized carbons (Fsp3) is 0.947. The Labute approximate surface area is 183 Å².